The van der Waals surface area contributed by atoms with Crippen LogP contribution in [0.25, 0.3) is 0 Å². The predicted molar refractivity (Wildman–Crippen MR) is 145 cm³/mol. The fourth-order valence-electron chi connectivity index (χ4n) is 7.81. The van der Waals surface area contributed by atoms with Crippen LogP contribution in [0, 0.1) is 34.3 Å². The van der Waals surface area contributed by atoms with Crippen molar-refractivity contribution in [2.24, 2.45) is 17.3 Å². The van der Waals surface area contributed by atoms with Crippen molar-refractivity contribution in [1.82, 2.24) is 19.6 Å². The van der Waals surface area contributed by atoms with E-state index in [1.165, 1.54) is 0 Å². The molecule has 7 rings (SSSR count). The molecule has 4 aliphatic rings. The predicted octanol–water partition coefficient (Wildman–Crippen LogP) is 6.63. The number of anilines is 1. The summed E-state index contributed by atoms with van der Waals surface area (Å²) in [7, 11) is 0. The van der Waals surface area contributed by atoms with E-state index in [4.69, 9.17) is 34.8 Å². The Bertz CT molecular complexity index is 1420. The monoisotopic (exact) mass is 576 g/mol. The zero-order valence-corrected chi connectivity index (χ0v) is 23.1. The average molecular weight is 578 g/mol. The van der Waals surface area contributed by atoms with Crippen molar-refractivity contribution in [2.45, 2.75) is 64.0 Å². The summed E-state index contributed by atoms with van der Waals surface area (Å²) in [4.78, 5) is 24.3. The number of halogens is 3. The van der Waals surface area contributed by atoms with Gasteiger partial charge in [-0.15, -0.1) is 0 Å². The van der Waals surface area contributed by atoms with E-state index in [1.54, 1.807) is 42.2 Å². The van der Waals surface area contributed by atoms with Gasteiger partial charge in [-0.1, -0.05) is 40.9 Å². The third-order valence-electron chi connectivity index (χ3n) is 8.63. The van der Waals surface area contributed by atoms with Gasteiger partial charge in [-0.25, -0.2) is 0 Å². The number of rotatable bonds is 7. The first kappa shape index (κ1) is 25.6. The maximum Gasteiger partial charge on any atom is 0.408 e. The van der Waals surface area contributed by atoms with Gasteiger partial charge in [-0.3, -0.25) is 9.48 Å². The number of benzene rings is 1. The van der Waals surface area contributed by atoms with E-state index in [0.717, 1.165) is 44.1 Å². The molecular weight excluding hydrogens is 551 g/mol. The van der Waals surface area contributed by atoms with Crippen LogP contribution in [-0.2, 0) is 16.9 Å². The fourth-order valence-corrected chi connectivity index (χ4v) is 8.51. The van der Waals surface area contributed by atoms with Gasteiger partial charge >= 0.3 is 5.82 Å². The third kappa shape index (κ3) is 4.38. The molecule has 0 saturated heterocycles. The lowest BCUT2D eigenvalue weighted by Gasteiger charge is -2.61. The van der Waals surface area contributed by atoms with Gasteiger partial charge in [-0.05, 0) is 79.8 Å². The van der Waals surface area contributed by atoms with Gasteiger partial charge in [0, 0.05) is 28.2 Å². The smallest absolute Gasteiger partial charge is 0.358 e. The van der Waals surface area contributed by atoms with E-state index in [2.05, 4.69) is 15.5 Å². The molecule has 3 aromatic rings. The van der Waals surface area contributed by atoms with E-state index in [1.807, 2.05) is 4.68 Å². The summed E-state index contributed by atoms with van der Waals surface area (Å²) in [5.41, 5.74) is 1.50. The summed E-state index contributed by atoms with van der Waals surface area (Å²) >= 11 is 18.9. The SMILES string of the molecule is Cc1c(Cl)c([N+](=O)[O-])nn1C12CC3CC(CC(CC(=O)Nc4cnn(Cc5c(Cl)cccc5Cl)c4)(C3)C1)C2. The summed E-state index contributed by atoms with van der Waals surface area (Å²) in [5, 5.41) is 24.5. The maximum atomic E-state index is 13.3. The van der Waals surface area contributed by atoms with Crippen LogP contribution >= 0.6 is 34.8 Å². The van der Waals surface area contributed by atoms with Gasteiger partial charge in [0.2, 0.25) is 5.91 Å². The standard InChI is InChI=1S/C26H27Cl3N6O3/c1-15-23(29)24(35(37)38)32-34(15)26-8-16-5-17(9-26)7-25(6-16,14-26)10-22(36)31-18-11-30-33(12-18)13-19-20(27)3-2-4-21(19)28/h2-4,11-12,16-17H,5-10,13-14H2,1H3,(H,31,36). The van der Waals surface area contributed by atoms with Crippen LogP contribution in [0.4, 0.5) is 11.5 Å². The van der Waals surface area contributed by atoms with Crippen LogP contribution in [-0.4, -0.2) is 30.4 Å². The Balaban J connectivity index is 1.19. The molecular formula is C26H27Cl3N6O3. The van der Waals surface area contributed by atoms with Gasteiger partial charge in [0.1, 0.15) is 0 Å². The Morgan fingerprint density at radius 2 is 1.87 bits per heavy atom. The number of nitrogens with zero attached hydrogens (tertiary/aromatic N) is 5. The molecule has 4 bridgehead atoms. The summed E-state index contributed by atoms with van der Waals surface area (Å²) < 4.78 is 3.51. The first-order valence-electron chi connectivity index (χ1n) is 12.7. The number of nitrogens with one attached hydrogen (secondary N) is 1. The largest absolute Gasteiger partial charge is 0.408 e. The number of amides is 1. The minimum atomic E-state index is -0.518. The first-order valence-corrected chi connectivity index (χ1v) is 13.9. The van der Waals surface area contributed by atoms with Crippen molar-refractivity contribution in [2.75, 3.05) is 5.32 Å². The molecule has 12 heteroatoms. The van der Waals surface area contributed by atoms with Crippen LogP contribution in [0.15, 0.2) is 30.6 Å². The average Bonchev–Trinajstić information content (AvgIpc) is 3.39. The van der Waals surface area contributed by atoms with E-state index in [0.29, 0.717) is 46.2 Å². The van der Waals surface area contributed by atoms with Crippen molar-refractivity contribution in [3.05, 3.63) is 67.0 Å². The molecule has 1 amide bonds. The molecule has 9 nitrogen and oxygen atoms in total. The van der Waals surface area contributed by atoms with Crippen LogP contribution in [0.1, 0.15) is 56.2 Å². The van der Waals surface area contributed by atoms with Crippen LogP contribution in [0.2, 0.25) is 15.1 Å². The molecule has 4 aliphatic carbocycles. The van der Waals surface area contributed by atoms with Gasteiger partial charge in [0.15, 0.2) is 5.02 Å². The molecule has 2 unspecified atom stereocenters. The molecule has 2 atom stereocenters. The topological polar surface area (TPSA) is 108 Å². The Morgan fingerprint density at radius 1 is 1.18 bits per heavy atom. The molecule has 0 aliphatic heterocycles. The van der Waals surface area contributed by atoms with Crippen molar-refractivity contribution >= 4 is 52.2 Å². The van der Waals surface area contributed by atoms with Crippen molar-refractivity contribution in [3.8, 4) is 0 Å². The van der Waals surface area contributed by atoms with Crippen LogP contribution < -0.4 is 5.32 Å². The molecule has 0 radical (unpaired) electrons. The van der Waals surface area contributed by atoms with E-state index in [-0.39, 0.29) is 27.7 Å². The molecule has 1 aromatic carbocycles. The van der Waals surface area contributed by atoms with Crippen LogP contribution in [0.3, 0.4) is 0 Å². The lowest BCUT2D eigenvalue weighted by molar-refractivity contribution is -0.389. The Hall–Kier alpha value is -2.62. The highest BCUT2D eigenvalue weighted by atomic mass is 35.5. The number of carbonyl (C=O) groups is 1. The Morgan fingerprint density at radius 3 is 2.50 bits per heavy atom. The molecule has 1 N–H and O–H groups in total. The van der Waals surface area contributed by atoms with E-state index >= 15 is 0 Å². The normalized spacial score (nSPS) is 27.6. The van der Waals surface area contributed by atoms with Gasteiger partial charge < -0.3 is 15.4 Å². The molecule has 2 heterocycles. The quantitative estimate of drug-likeness (QED) is 0.250. The van der Waals surface area contributed by atoms with Crippen molar-refractivity contribution in [1.29, 1.82) is 0 Å². The first-order chi connectivity index (χ1) is 18.1. The second kappa shape index (κ2) is 9.24. The third-order valence-corrected chi connectivity index (χ3v) is 9.79. The Labute approximate surface area is 234 Å². The van der Waals surface area contributed by atoms with Gasteiger partial charge in [0.25, 0.3) is 0 Å². The fraction of sp³-hybridized carbons (Fsp3) is 0.500. The highest BCUT2D eigenvalue weighted by Gasteiger charge is 2.60. The van der Waals surface area contributed by atoms with Crippen LogP contribution in [0.5, 0.6) is 0 Å². The lowest BCUT2D eigenvalue weighted by Crippen LogP contribution is -2.57. The zero-order chi connectivity index (χ0) is 26.8. The maximum absolute atomic E-state index is 13.3. The second-order valence-corrected chi connectivity index (χ2v) is 12.6. The van der Waals surface area contributed by atoms with E-state index < -0.39 is 4.92 Å². The van der Waals surface area contributed by atoms with Gasteiger partial charge in [-0.2, -0.15) is 9.78 Å². The van der Waals surface area contributed by atoms with E-state index in [9.17, 15) is 14.9 Å². The van der Waals surface area contributed by atoms with Crippen molar-refractivity contribution < 1.29 is 9.72 Å². The second-order valence-electron chi connectivity index (χ2n) is 11.4. The number of aromatic nitrogens is 4. The summed E-state index contributed by atoms with van der Waals surface area (Å²) in [5.74, 6) is 0.586. The highest BCUT2D eigenvalue weighted by molar-refractivity contribution is 6.36. The summed E-state index contributed by atoms with van der Waals surface area (Å²) in [6, 6.07) is 5.36. The molecule has 2 aromatic heterocycles. The number of carbonyl (C=O) groups excluding carboxylic acids is 1. The van der Waals surface area contributed by atoms with Gasteiger partial charge in [0.05, 0.1) is 34.8 Å². The molecule has 4 saturated carbocycles. The zero-order valence-electron chi connectivity index (χ0n) is 20.8. The summed E-state index contributed by atoms with van der Waals surface area (Å²) in [6.07, 6.45) is 9.49. The highest BCUT2D eigenvalue weighted by Crippen LogP contribution is 2.65. The van der Waals surface area contributed by atoms with Crippen molar-refractivity contribution in [3.63, 3.8) is 0 Å². The molecule has 200 valence electrons. The minimum Gasteiger partial charge on any atom is -0.358 e. The minimum absolute atomic E-state index is 0.0568. The number of hydrogen-bond donors (Lipinski definition) is 1. The summed E-state index contributed by atoms with van der Waals surface area (Å²) in [6.45, 7) is 2.19. The molecule has 4 fully saturated rings. The number of hydrogen-bond acceptors (Lipinski definition) is 5. The Kier molecular flexibility index (Phi) is 6.24. The lowest BCUT2D eigenvalue weighted by atomic mass is 9.46. The molecule has 38 heavy (non-hydrogen) atoms. The number of nitro groups is 1. The molecule has 0 spiro atoms.